The fraction of sp³-hybridized carbons (Fsp3) is 0.0909. The van der Waals surface area contributed by atoms with Crippen LogP contribution in [-0.2, 0) is 19.1 Å². The van der Waals surface area contributed by atoms with Crippen LogP contribution in [0.3, 0.4) is 0 Å². The molecule has 3 N–H and O–H groups in total. The van der Waals surface area contributed by atoms with Crippen molar-refractivity contribution in [3.63, 3.8) is 0 Å². The zero-order valence-electron chi connectivity index (χ0n) is 16.9. The number of carbonyl (C=O) groups is 4. The quantitative estimate of drug-likeness (QED) is 0.434. The van der Waals surface area contributed by atoms with Gasteiger partial charge in [-0.3, -0.25) is 9.59 Å². The number of amides is 2. The molecule has 2 amide bonds. The number of ether oxygens (including phenoxy) is 2. The molecule has 0 bridgehead atoms. The van der Waals surface area contributed by atoms with Crippen molar-refractivity contribution in [2.45, 2.75) is 0 Å². The summed E-state index contributed by atoms with van der Waals surface area (Å²) in [6, 6.07) is 16.5. The van der Waals surface area contributed by atoms with Crippen LogP contribution >= 0.6 is 0 Å². The summed E-state index contributed by atoms with van der Waals surface area (Å²) in [5, 5.41) is 7.41. The van der Waals surface area contributed by atoms with E-state index < -0.39 is 23.8 Å². The Kier molecular flexibility index (Phi) is 8.54. The van der Waals surface area contributed by atoms with Crippen molar-refractivity contribution in [3.8, 4) is 0 Å². The molecule has 0 aliphatic heterocycles. The van der Waals surface area contributed by atoms with Gasteiger partial charge in [-0.05, 0) is 24.3 Å². The summed E-state index contributed by atoms with van der Waals surface area (Å²) in [5.41, 5.74) is 0.230. The van der Waals surface area contributed by atoms with Crippen LogP contribution in [0.2, 0.25) is 0 Å². The first kappa shape index (κ1) is 22.9. The van der Waals surface area contributed by atoms with E-state index in [0.29, 0.717) is 11.1 Å². The Bertz CT molecular complexity index is 919. The van der Waals surface area contributed by atoms with Crippen molar-refractivity contribution in [1.29, 1.82) is 0 Å². The molecule has 0 aliphatic rings. The summed E-state index contributed by atoms with van der Waals surface area (Å²) in [5.74, 6) is -2.71. The lowest BCUT2D eigenvalue weighted by molar-refractivity contribution is -0.137. The fourth-order valence-corrected chi connectivity index (χ4v) is 2.29. The average molecular weight is 423 g/mol. The Balaban J connectivity index is 2.18. The number of carbonyl (C=O) groups excluding carboxylic acids is 4. The number of nitrogens with one attached hydrogen (secondary N) is 3. The molecule has 0 spiro atoms. The third kappa shape index (κ3) is 6.86. The topological polar surface area (TPSA) is 123 Å². The molecule has 0 saturated carbocycles. The van der Waals surface area contributed by atoms with Gasteiger partial charge in [-0.25, -0.2) is 9.59 Å². The van der Waals surface area contributed by atoms with Gasteiger partial charge in [0.25, 0.3) is 11.8 Å². The third-order valence-electron chi connectivity index (χ3n) is 3.83. The van der Waals surface area contributed by atoms with Gasteiger partial charge in [0.1, 0.15) is 11.4 Å². The molecule has 0 fully saturated rings. The number of methoxy groups -OCH3 is 2. The standard InChI is InChI=1S/C22H21N3O6/c1-30-21(28)17(24-19(26)15-9-5-3-6-10-15)13-23-14-18(22(29)31-2)25-20(27)16-11-7-4-8-12-16/h3-14,23H,1-2H3,(H,24,26)(H,25,27)/b17-13-,18-14+. The largest absolute Gasteiger partial charge is 0.464 e. The van der Waals surface area contributed by atoms with Gasteiger partial charge in [0, 0.05) is 23.5 Å². The van der Waals surface area contributed by atoms with Crippen LogP contribution in [0.4, 0.5) is 0 Å². The van der Waals surface area contributed by atoms with E-state index in [-0.39, 0.29) is 11.4 Å². The second-order valence-electron chi connectivity index (χ2n) is 5.91. The van der Waals surface area contributed by atoms with Gasteiger partial charge in [-0.2, -0.15) is 0 Å². The Morgan fingerprint density at radius 1 is 0.645 bits per heavy atom. The lowest BCUT2D eigenvalue weighted by atomic mass is 10.2. The zero-order chi connectivity index (χ0) is 22.6. The van der Waals surface area contributed by atoms with Gasteiger partial charge in [0.15, 0.2) is 0 Å². The van der Waals surface area contributed by atoms with Crippen LogP contribution in [0.5, 0.6) is 0 Å². The number of rotatable bonds is 8. The van der Waals surface area contributed by atoms with Crippen LogP contribution < -0.4 is 16.0 Å². The van der Waals surface area contributed by atoms with Gasteiger partial charge in [0.05, 0.1) is 14.2 Å². The highest BCUT2D eigenvalue weighted by Crippen LogP contribution is 2.03. The molecular weight excluding hydrogens is 402 g/mol. The summed E-state index contributed by atoms with van der Waals surface area (Å²) < 4.78 is 9.31. The molecule has 0 atom stereocenters. The summed E-state index contributed by atoms with van der Waals surface area (Å²) in [4.78, 5) is 48.6. The first-order chi connectivity index (χ1) is 15.0. The van der Waals surface area contributed by atoms with E-state index in [1.54, 1.807) is 60.7 Å². The summed E-state index contributed by atoms with van der Waals surface area (Å²) in [7, 11) is 2.31. The summed E-state index contributed by atoms with van der Waals surface area (Å²) >= 11 is 0. The second kappa shape index (κ2) is 11.6. The molecule has 0 aromatic heterocycles. The first-order valence-corrected chi connectivity index (χ1v) is 9.02. The van der Waals surface area contributed by atoms with E-state index in [2.05, 4.69) is 25.4 Å². The van der Waals surface area contributed by atoms with Crippen LogP contribution in [0, 0.1) is 0 Å². The van der Waals surface area contributed by atoms with E-state index in [4.69, 9.17) is 0 Å². The first-order valence-electron chi connectivity index (χ1n) is 9.02. The highest BCUT2D eigenvalue weighted by atomic mass is 16.5. The van der Waals surface area contributed by atoms with Crippen molar-refractivity contribution in [1.82, 2.24) is 16.0 Å². The van der Waals surface area contributed by atoms with Crippen molar-refractivity contribution in [2.75, 3.05) is 14.2 Å². The highest BCUT2D eigenvalue weighted by molar-refractivity contribution is 6.02. The molecule has 0 heterocycles. The van der Waals surface area contributed by atoms with Gasteiger partial charge < -0.3 is 25.4 Å². The van der Waals surface area contributed by atoms with E-state index in [0.717, 1.165) is 26.6 Å². The van der Waals surface area contributed by atoms with Crippen molar-refractivity contribution in [3.05, 3.63) is 95.6 Å². The zero-order valence-corrected chi connectivity index (χ0v) is 16.9. The van der Waals surface area contributed by atoms with Crippen LogP contribution in [0.25, 0.3) is 0 Å². The second-order valence-corrected chi connectivity index (χ2v) is 5.91. The maximum atomic E-state index is 12.3. The van der Waals surface area contributed by atoms with Crippen molar-refractivity contribution in [2.24, 2.45) is 0 Å². The van der Waals surface area contributed by atoms with Crippen LogP contribution in [-0.4, -0.2) is 38.0 Å². The number of hydrogen-bond donors (Lipinski definition) is 3. The molecule has 9 nitrogen and oxygen atoms in total. The molecule has 0 radical (unpaired) electrons. The van der Waals surface area contributed by atoms with E-state index >= 15 is 0 Å². The maximum Gasteiger partial charge on any atom is 0.356 e. The summed E-state index contributed by atoms with van der Waals surface area (Å²) in [6.45, 7) is 0. The molecule has 160 valence electrons. The van der Waals surface area contributed by atoms with Gasteiger partial charge in [-0.1, -0.05) is 36.4 Å². The number of hydrogen-bond acceptors (Lipinski definition) is 7. The molecule has 2 rings (SSSR count). The smallest absolute Gasteiger partial charge is 0.356 e. The number of esters is 2. The predicted octanol–water partition coefficient (Wildman–Crippen LogP) is 1.46. The maximum absolute atomic E-state index is 12.3. The molecule has 9 heteroatoms. The van der Waals surface area contributed by atoms with Crippen molar-refractivity contribution >= 4 is 23.8 Å². The SMILES string of the molecule is COC(=O)/C(=C/N/C=C(/NC(=O)c1ccccc1)C(=O)OC)NC(=O)c1ccccc1. The monoisotopic (exact) mass is 423 g/mol. The Morgan fingerprint density at radius 3 is 1.32 bits per heavy atom. The Hall–Kier alpha value is -4.40. The summed E-state index contributed by atoms with van der Waals surface area (Å²) in [6.07, 6.45) is 2.23. The lowest BCUT2D eigenvalue weighted by Gasteiger charge is -2.10. The Labute approximate surface area is 178 Å². The van der Waals surface area contributed by atoms with E-state index in [1.807, 2.05) is 0 Å². The predicted molar refractivity (Wildman–Crippen MR) is 111 cm³/mol. The number of benzene rings is 2. The molecule has 0 saturated heterocycles. The Morgan fingerprint density at radius 2 is 1.00 bits per heavy atom. The van der Waals surface area contributed by atoms with Crippen molar-refractivity contribution < 1.29 is 28.7 Å². The van der Waals surface area contributed by atoms with Crippen LogP contribution in [0.15, 0.2) is 84.5 Å². The van der Waals surface area contributed by atoms with Gasteiger partial charge >= 0.3 is 11.9 Å². The van der Waals surface area contributed by atoms with E-state index in [1.165, 1.54) is 0 Å². The minimum atomic E-state index is -0.821. The molecule has 31 heavy (non-hydrogen) atoms. The molecule has 0 unspecified atom stereocenters. The minimum absolute atomic E-state index is 0.216. The van der Waals surface area contributed by atoms with Gasteiger partial charge in [0.2, 0.25) is 0 Å². The lowest BCUT2D eigenvalue weighted by Crippen LogP contribution is -2.31. The van der Waals surface area contributed by atoms with Crippen LogP contribution in [0.1, 0.15) is 20.7 Å². The van der Waals surface area contributed by atoms with E-state index in [9.17, 15) is 19.2 Å². The normalized spacial score (nSPS) is 11.2. The minimum Gasteiger partial charge on any atom is -0.464 e. The third-order valence-corrected chi connectivity index (χ3v) is 3.83. The molecular formula is C22H21N3O6. The molecule has 0 aliphatic carbocycles. The fourth-order valence-electron chi connectivity index (χ4n) is 2.29. The molecule has 2 aromatic rings. The average Bonchev–Trinajstić information content (AvgIpc) is 2.82. The molecule has 2 aromatic carbocycles. The van der Waals surface area contributed by atoms with Gasteiger partial charge in [-0.15, -0.1) is 0 Å². The highest BCUT2D eigenvalue weighted by Gasteiger charge is 2.16.